The number of carbonyl (C=O) groups is 4. The fourth-order valence-corrected chi connectivity index (χ4v) is 5.93. The molecule has 0 saturated heterocycles. The number of rotatable bonds is 23. The largest absolute Gasteiger partial charge is 0.495 e. The number of nitrogens with zero attached hydrogens (tertiary/aromatic N) is 4. The summed E-state index contributed by atoms with van der Waals surface area (Å²) in [6.07, 6.45) is 2.54. The van der Waals surface area contributed by atoms with Crippen molar-refractivity contribution in [1.29, 1.82) is 0 Å². The predicted octanol–water partition coefficient (Wildman–Crippen LogP) is 2.63. The Morgan fingerprint density at radius 2 is 1.60 bits per heavy atom. The number of nitrogens with one attached hydrogen (secondary N) is 4. The van der Waals surface area contributed by atoms with Crippen LogP contribution < -0.4 is 31.3 Å². The normalized spacial score (nSPS) is 12.0. The first kappa shape index (κ1) is 42.3. The summed E-state index contributed by atoms with van der Waals surface area (Å²) in [4.78, 5) is 64.8. The van der Waals surface area contributed by atoms with Gasteiger partial charge in [0.1, 0.15) is 23.0 Å². The quantitative estimate of drug-likeness (QED) is 0.0683. The van der Waals surface area contributed by atoms with Crippen LogP contribution in [0.4, 0.5) is 33.2 Å². The van der Waals surface area contributed by atoms with Gasteiger partial charge in [0, 0.05) is 38.9 Å². The number of aromatic amines is 1. The summed E-state index contributed by atoms with van der Waals surface area (Å²) in [7, 11) is 4.52. The second-order valence-electron chi connectivity index (χ2n) is 12.8. The zero-order chi connectivity index (χ0) is 40.7. The molecule has 2 aromatic heterocycles. The van der Waals surface area contributed by atoms with Gasteiger partial charge in [0.2, 0.25) is 23.7 Å². The van der Waals surface area contributed by atoms with E-state index < -0.39 is 17.6 Å². The van der Waals surface area contributed by atoms with E-state index in [1.165, 1.54) is 31.2 Å². The average molecular weight is 794 g/mol. The molecule has 1 aliphatic heterocycles. The number of likely N-dealkylation sites (N-methyl/N-ethyl adjacent to an activating group) is 1. The van der Waals surface area contributed by atoms with Crippen molar-refractivity contribution >= 4 is 63.5 Å². The Morgan fingerprint density at radius 1 is 0.912 bits per heavy atom. The Labute approximate surface area is 328 Å². The predicted molar refractivity (Wildman–Crippen MR) is 209 cm³/mol. The maximum Gasteiger partial charge on any atom is 0.256 e. The number of fused-ring (bicyclic) bond motifs is 2. The number of hydrogen-bond acceptors (Lipinski definition) is 13. The lowest BCUT2D eigenvalue weighted by atomic mass is 10.1. The summed E-state index contributed by atoms with van der Waals surface area (Å²) >= 11 is 0. The van der Waals surface area contributed by atoms with Crippen LogP contribution in [-0.4, -0.2) is 131 Å². The number of ether oxygens (including phenoxy) is 5. The molecule has 57 heavy (non-hydrogen) atoms. The van der Waals surface area contributed by atoms with Gasteiger partial charge < -0.3 is 60.2 Å². The molecule has 19 heteroatoms. The van der Waals surface area contributed by atoms with E-state index in [-0.39, 0.29) is 61.6 Å². The van der Waals surface area contributed by atoms with Crippen molar-refractivity contribution in [2.75, 3.05) is 103 Å². The molecule has 5 rings (SSSR count). The van der Waals surface area contributed by atoms with Gasteiger partial charge in [-0.3, -0.25) is 19.2 Å². The van der Waals surface area contributed by atoms with Crippen molar-refractivity contribution in [3.05, 3.63) is 59.5 Å². The fraction of sp³-hybridized carbons (Fsp3) is 0.421. The number of amides is 4. The molecule has 1 aliphatic rings. The maximum atomic E-state index is 14.7. The molecular weight excluding hydrogens is 745 g/mol. The minimum absolute atomic E-state index is 0.0961. The molecule has 18 nitrogen and oxygen atoms in total. The molecule has 0 fully saturated rings. The van der Waals surface area contributed by atoms with Crippen LogP contribution in [0.5, 0.6) is 5.75 Å². The molecule has 0 spiro atoms. The lowest BCUT2D eigenvalue weighted by Gasteiger charge is -2.23. The van der Waals surface area contributed by atoms with Gasteiger partial charge in [-0.2, -0.15) is 9.97 Å². The summed E-state index contributed by atoms with van der Waals surface area (Å²) < 4.78 is 42.0. The van der Waals surface area contributed by atoms with E-state index in [1.807, 2.05) is 6.07 Å². The Balaban J connectivity index is 1.13. The van der Waals surface area contributed by atoms with E-state index in [1.54, 1.807) is 36.3 Å². The minimum atomic E-state index is -0.694. The van der Waals surface area contributed by atoms with Gasteiger partial charge in [0.15, 0.2) is 0 Å². The molecule has 0 radical (unpaired) electrons. The second-order valence-corrected chi connectivity index (χ2v) is 12.8. The van der Waals surface area contributed by atoms with E-state index in [9.17, 15) is 23.6 Å². The molecule has 306 valence electrons. The van der Waals surface area contributed by atoms with Crippen LogP contribution in [0.2, 0.25) is 0 Å². The molecule has 0 aliphatic carbocycles. The lowest BCUT2D eigenvalue weighted by molar-refractivity contribution is -0.134. The first-order valence-electron chi connectivity index (χ1n) is 18.3. The number of benzene rings is 2. The van der Waals surface area contributed by atoms with Crippen molar-refractivity contribution in [3.63, 3.8) is 0 Å². The van der Waals surface area contributed by atoms with Crippen molar-refractivity contribution < 1.29 is 47.3 Å². The summed E-state index contributed by atoms with van der Waals surface area (Å²) in [6, 6.07) is 9.63. The number of nitrogens with two attached hydrogens (primary N) is 1. The number of aromatic nitrogens is 3. The van der Waals surface area contributed by atoms with E-state index in [2.05, 4.69) is 30.9 Å². The Morgan fingerprint density at radius 3 is 2.26 bits per heavy atom. The molecule has 0 bridgehead atoms. The van der Waals surface area contributed by atoms with Crippen LogP contribution in [0, 0.1) is 5.82 Å². The molecule has 2 aromatic carbocycles. The van der Waals surface area contributed by atoms with Gasteiger partial charge in [-0.05, 0) is 42.3 Å². The number of anilines is 5. The first-order valence-corrected chi connectivity index (χ1v) is 18.3. The number of primary amides is 1. The Kier molecular flexibility index (Phi) is 15.5. The molecule has 4 aromatic rings. The summed E-state index contributed by atoms with van der Waals surface area (Å²) in [5.41, 5.74) is 7.58. The number of hydrogen-bond donors (Lipinski definition) is 5. The van der Waals surface area contributed by atoms with Gasteiger partial charge in [-0.25, -0.2) is 4.39 Å². The molecule has 6 N–H and O–H groups in total. The lowest BCUT2D eigenvalue weighted by Crippen LogP contribution is -2.40. The third kappa shape index (κ3) is 11.6. The second kappa shape index (κ2) is 20.9. The third-order valence-electron chi connectivity index (χ3n) is 8.85. The number of halogens is 1. The van der Waals surface area contributed by atoms with Crippen molar-refractivity contribution in [1.82, 2.24) is 25.2 Å². The molecule has 0 unspecified atom stereocenters. The standard InChI is InChI=1S/C38H48FN9O9/c1-41-37(52)34-26(39)5-4-6-27(34)43-36-25-7-11-42-35(25)45-38(46-36)44-28-22-29-24(21-30(28)53-3)8-12-48(29)33(51)23-47(2)32(50)10-14-55-16-18-57-20-19-56-17-15-54-13-9-31(40)49/h4-7,11,21-22H,8-10,12-20,23H2,1-3H3,(H2,40,49)(H,41,52)(H3,42,43,44,45,46). The summed E-state index contributed by atoms with van der Waals surface area (Å²) in [5.74, 6) is -1.25. The van der Waals surface area contributed by atoms with E-state index in [0.717, 1.165) is 5.56 Å². The van der Waals surface area contributed by atoms with Gasteiger partial charge >= 0.3 is 0 Å². The van der Waals surface area contributed by atoms with Crippen molar-refractivity contribution in [3.8, 4) is 5.75 Å². The van der Waals surface area contributed by atoms with E-state index in [0.29, 0.717) is 86.6 Å². The number of H-pyrrole nitrogens is 1. The third-order valence-corrected chi connectivity index (χ3v) is 8.85. The Bertz CT molecular complexity index is 2030. The van der Waals surface area contributed by atoms with E-state index >= 15 is 0 Å². The van der Waals surface area contributed by atoms with Gasteiger partial charge in [-0.15, -0.1) is 0 Å². The monoisotopic (exact) mass is 793 g/mol. The van der Waals surface area contributed by atoms with Crippen LogP contribution in [0.25, 0.3) is 11.0 Å². The zero-order valence-electron chi connectivity index (χ0n) is 32.2. The zero-order valence-corrected chi connectivity index (χ0v) is 32.2. The summed E-state index contributed by atoms with van der Waals surface area (Å²) in [5, 5.41) is 9.33. The number of methoxy groups -OCH3 is 1. The van der Waals surface area contributed by atoms with Crippen LogP contribution in [0.3, 0.4) is 0 Å². The highest BCUT2D eigenvalue weighted by atomic mass is 19.1. The minimum Gasteiger partial charge on any atom is -0.495 e. The SMILES string of the molecule is CNC(=O)c1c(F)cccc1Nc1nc(Nc2cc3c(cc2OC)CCN3C(=O)CN(C)C(=O)CCOCCOCCOCCOCCC(N)=O)nc2[nH]ccc12. The smallest absolute Gasteiger partial charge is 0.256 e. The van der Waals surface area contributed by atoms with Crippen LogP contribution in [0.1, 0.15) is 28.8 Å². The molecule has 0 saturated carbocycles. The first-order chi connectivity index (χ1) is 27.6. The highest BCUT2D eigenvalue weighted by Crippen LogP contribution is 2.39. The van der Waals surface area contributed by atoms with Crippen LogP contribution >= 0.6 is 0 Å². The van der Waals surface area contributed by atoms with Crippen molar-refractivity contribution in [2.24, 2.45) is 5.73 Å². The van der Waals surface area contributed by atoms with Gasteiger partial charge in [0.05, 0.1) is 95.3 Å². The molecular formula is C38H48FN9O9. The molecule has 0 atom stereocenters. The molecule has 3 heterocycles. The molecule has 4 amide bonds. The summed E-state index contributed by atoms with van der Waals surface area (Å²) in [6.45, 7) is 2.83. The topological polar surface area (TPSA) is 225 Å². The van der Waals surface area contributed by atoms with Gasteiger partial charge in [0.25, 0.3) is 5.91 Å². The maximum absolute atomic E-state index is 14.7. The number of carbonyl (C=O) groups excluding carboxylic acids is 4. The average Bonchev–Trinajstić information content (AvgIpc) is 3.84. The van der Waals surface area contributed by atoms with Crippen LogP contribution in [0.15, 0.2) is 42.6 Å². The Hall–Kier alpha value is -5.89. The van der Waals surface area contributed by atoms with E-state index in [4.69, 9.17) is 29.4 Å². The highest BCUT2D eigenvalue weighted by Gasteiger charge is 2.28. The van der Waals surface area contributed by atoms with Gasteiger partial charge in [-0.1, -0.05) is 6.07 Å². The fourth-order valence-electron chi connectivity index (χ4n) is 5.93. The van der Waals surface area contributed by atoms with Crippen LogP contribution in [-0.2, 0) is 39.8 Å². The highest BCUT2D eigenvalue weighted by molar-refractivity contribution is 6.02. The van der Waals surface area contributed by atoms with Crippen molar-refractivity contribution in [2.45, 2.75) is 19.3 Å².